The van der Waals surface area contributed by atoms with E-state index in [2.05, 4.69) is 17.2 Å². The maximum atomic E-state index is 13.9. The Hall–Kier alpha value is -2.87. The Bertz CT molecular complexity index is 1180. The minimum absolute atomic E-state index is 0.00705. The normalized spacial score (nSPS) is 23.6. The SMILES string of the molecule is C=C(C)[C@@H]1N(CC(=O)NCCO)C(=O)C[C@H](c2cccc(Cl)c2)[C@@]12C(=O)Nc1cc(Cl)ccc12. The molecule has 2 aromatic carbocycles. The number of amides is 3. The fourth-order valence-electron chi connectivity index (χ4n) is 5.32. The van der Waals surface area contributed by atoms with Gasteiger partial charge >= 0.3 is 0 Å². The molecule has 34 heavy (non-hydrogen) atoms. The maximum Gasteiger partial charge on any atom is 0.239 e. The number of nitrogens with one attached hydrogen (secondary N) is 2. The van der Waals surface area contributed by atoms with Crippen LogP contribution in [0.4, 0.5) is 5.69 Å². The third-order valence-electron chi connectivity index (χ3n) is 6.51. The molecule has 9 heteroatoms. The van der Waals surface area contributed by atoms with Gasteiger partial charge in [0.25, 0.3) is 0 Å². The molecule has 1 fully saturated rings. The Balaban J connectivity index is 1.93. The molecule has 0 aromatic heterocycles. The molecule has 3 atom stereocenters. The molecule has 4 rings (SSSR count). The molecule has 0 bridgehead atoms. The lowest BCUT2D eigenvalue weighted by molar-refractivity contribution is -0.147. The molecule has 0 saturated carbocycles. The molecule has 1 spiro atoms. The van der Waals surface area contributed by atoms with Crippen LogP contribution in [0.3, 0.4) is 0 Å². The summed E-state index contributed by atoms with van der Waals surface area (Å²) in [5, 5.41) is 15.5. The predicted octanol–water partition coefficient (Wildman–Crippen LogP) is 3.25. The van der Waals surface area contributed by atoms with Crippen LogP contribution < -0.4 is 10.6 Å². The first-order valence-electron chi connectivity index (χ1n) is 10.9. The number of rotatable bonds is 6. The van der Waals surface area contributed by atoms with Gasteiger partial charge in [-0.1, -0.05) is 53.6 Å². The van der Waals surface area contributed by atoms with E-state index in [4.69, 9.17) is 28.3 Å². The van der Waals surface area contributed by atoms with E-state index in [1.165, 1.54) is 4.90 Å². The number of carbonyl (C=O) groups excluding carboxylic acids is 3. The molecule has 0 unspecified atom stereocenters. The minimum Gasteiger partial charge on any atom is -0.395 e. The summed E-state index contributed by atoms with van der Waals surface area (Å²) >= 11 is 12.5. The van der Waals surface area contributed by atoms with Crippen LogP contribution in [0, 0.1) is 0 Å². The van der Waals surface area contributed by atoms with Crippen molar-refractivity contribution in [1.29, 1.82) is 0 Å². The van der Waals surface area contributed by atoms with Crippen molar-refractivity contribution in [2.75, 3.05) is 25.0 Å². The molecule has 178 valence electrons. The summed E-state index contributed by atoms with van der Waals surface area (Å²) in [5.74, 6) is -1.56. The Morgan fingerprint density at radius 1 is 1.24 bits per heavy atom. The number of anilines is 1. The van der Waals surface area contributed by atoms with Crippen LogP contribution in [-0.2, 0) is 19.8 Å². The van der Waals surface area contributed by atoms with E-state index >= 15 is 0 Å². The van der Waals surface area contributed by atoms with E-state index in [0.717, 1.165) is 5.56 Å². The first-order chi connectivity index (χ1) is 16.2. The van der Waals surface area contributed by atoms with Crippen LogP contribution in [0.5, 0.6) is 0 Å². The van der Waals surface area contributed by atoms with E-state index in [1.54, 1.807) is 43.3 Å². The molecular formula is C25H25Cl2N3O4. The number of aliphatic hydroxyl groups is 1. The molecule has 3 N–H and O–H groups in total. The van der Waals surface area contributed by atoms with Crippen molar-refractivity contribution in [1.82, 2.24) is 10.2 Å². The second-order valence-corrected chi connectivity index (χ2v) is 9.54. The number of piperidine rings is 1. The smallest absolute Gasteiger partial charge is 0.239 e. The van der Waals surface area contributed by atoms with Gasteiger partial charge in [-0.25, -0.2) is 0 Å². The van der Waals surface area contributed by atoms with Gasteiger partial charge in [0.2, 0.25) is 17.7 Å². The quantitative estimate of drug-likeness (QED) is 0.529. The molecule has 2 aliphatic heterocycles. The number of benzene rings is 2. The fraction of sp³-hybridized carbons (Fsp3) is 0.320. The lowest BCUT2D eigenvalue weighted by Crippen LogP contribution is -2.64. The third kappa shape index (κ3) is 3.98. The molecule has 0 radical (unpaired) electrons. The number of nitrogens with zero attached hydrogens (tertiary/aromatic N) is 1. The van der Waals surface area contributed by atoms with Crippen LogP contribution in [0.15, 0.2) is 54.6 Å². The first-order valence-corrected chi connectivity index (χ1v) is 11.6. The predicted molar refractivity (Wildman–Crippen MR) is 131 cm³/mol. The third-order valence-corrected chi connectivity index (χ3v) is 6.98. The van der Waals surface area contributed by atoms with Crippen molar-refractivity contribution >= 4 is 46.6 Å². The molecule has 2 aliphatic rings. The zero-order chi connectivity index (χ0) is 24.6. The first kappa shape index (κ1) is 24.3. The summed E-state index contributed by atoms with van der Waals surface area (Å²) in [6.07, 6.45) is -0.00705. The highest BCUT2D eigenvalue weighted by Crippen LogP contribution is 2.56. The van der Waals surface area contributed by atoms with Crippen molar-refractivity contribution in [3.8, 4) is 0 Å². The van der Waals surface area contributed by atoms with Gasteiger partial charge in [-0.2, -0.15) is 0 Å². The second kappa shape index (κ2) is 9.41. The van der Waals surface area contributed by atoms with Crippen LogP contribution in [-0.4, -0.2) is 53.5 Å². The fourth-order valence-corrected chi connectivity index (χ4v) is 5.69. The number of hydrogen-bond donors (Lipinski definition) is 3. The van der Waals surface area contributed by atoms with E-state index in [-0.39, 0.29) is 37.9 Å². The lowest BCUT2D eigenvalue weighted by atomic mass is 9.58. The van der Waals surface area contributed by atoms with Gasteiger partial charge in [0.05, 0.1) is 12.6 Å². The summed E-state index contributed by atoms with van der Waals surface area (Å²) < 4.78 is 0. The number of likely N-dealkylation sites (tertiary alicyclic amines) is 1. The van der Waals surface area contributed by atoms with Crippen molar-refractivity contribution in [2.45, 2.75) is 30.7 Å². The van der Waals surface area contributed by atoms with Gasteiger partial charge in [-0.05, 0) is 42.3 Å². The standard InChI is InChI=1S/C25H25Cl2N3O4/c1-14(2)23-25(18-7-6-17(27)11-20(18)29-24(25)34)19(15-4-3-5-16(26)10-15)12-22(33)30(23)13-21(32)28-8-9-31/h3-7,10-11,19,23,31H,1,8-9,12-13H2,2H3,(H,28,32)(H,29,34)/t19-,23+,25-/m1/s1. The number of fused-ring (bicyclic) bond motifs is 2. The number of aliphatic hydroxyl groups excluding tert-OH is 1. The number of carbonyl (C=O) groups is 3. The zero-order valence-corrected chi connectivity index (χ0v) is 20.1. The summed E-state index contributed by atoms with van der Waals surface area (Å²) in [4.78, 5) is 41.4. The molecule has 7 nitrogen and oxygen atoms in total. The topological polar surface area (TPSA) is 98.7 Å². The molecule has 1 saturated heterocycles. The molecule has 0 aliphatic carbocycles. The summed E-state index contributed by atoms with van der Waals surface area (Å²) in [6.45, 7) is 5.45. The van der Waals surface area contributed by atoms with Crippen LogP contribution in [0.25, 0.3) is 0 Å². The largest absolute Gasteiger partial charge is 0.395 e. The van der Waals surface area contributed by atoms with Gasteiger partial charge in [0, 0.05) is 34.6 Å². The van der Waals surface area contributed by atoms with Crippen LogP contribution >= 0.6 is 23.2 Å². The van der Waals surface area contributed by atoms with Crippen LogP contribution in [0.2, 0.25) is 10.0 Å². The monoisotopic (exact) mass is 501 g/mol. The van der Waals surface area contributed by atoms with Gasteiger partial charge in [0.1, 0.15) is 12.0 Å². The minimum atomic E-state index is -1.25. The highest BCUT2D eigenvalue weighted by atomic mass is 35.5. The average molecular weight is 502 g/mol. The number of hydrogen-bond acceptors (Lipinski definition) is 4. The van der Waals surface area contributed by atoms with Crippen molar-refractivity contribution in [2.24, 2.45) is 0 Å². The average Bonchev–Trinajstić information content (AvgIpc) is 3.05. The Morgan fingerprint density at radius 3 is 2.65 bits per heavy atom. The molecular weight excluding hydrogens is 477 g/mol. The Kier molecular flexibility index (Phi) is 6.71. The van der Waals surface area contributed by atoms with Crippen molar-refractivity contribution < 1.29 is 19.5 Å². The summed E-state index contributed by atoms with van der Waals surface area (Å²) in [5.41, 5.74) is 1.31. The second-order valence-electron chi connectivity index (χ2n) is 8.67. The van der Waals surface area contributed by atoms with Gasteiger partial charge < -0.3 is 20.6 Å². The van der Waals surface area contributed by atoms with E-state index in [9.17, 15) is 14.4 Å². The van der Waals surface area contributed by atoms with Crippen molar-refractivity contribution in [3.05, 3.63) is 75.8 Å². The Labute approximate surface area is 207 Å². The van der Waals surface area contributed by atoms with Gasteiger partial charge in [-0.3, -0.25) is 14.4 Å². The zero-order valence-electron chi connectivity index (χ0n) is 18.6. The highest BCUT2D eigenvalue weighted by Gasteiger charge is 2.63. The Morgan fingerprint density at radius 2 is 1.97 bits per heavy atom. The molecule has 2 heterocycles. The highest BCUT2D eigenvalue weighted by molar-refractivity contribution is 6.31. The number of halogens is 2. The maximum absolute atomic E-state index is 13.9. The molecule has 2 aromatic rings. The van der Waals surface area contributed by atoms with E-state index in [1.807, 2.05) is 6.07 Å². The van der Waals surface area contributed by atoms with Crippen molar-refractivity contribution in [3.63, 3.8) is 0 Å². The lowest BCUT2D eigenvalue weighted by Gasteiger charge is -2.51. The van der Waals surface area contributed by atoms with E-state index < -0.39 is 23.3 Å². The van der Waals surface area contributed by atoms with Gasteiger partial charge in [-0.15, -0.1) is 0 Å². The molecule has 3 amide bonds. The van der Waals surface area contributed by atoms with E-state index in [0.29, 0.717) is 26.9 Å². The van der Waals surface area contributed by atoms with Crippen LogP contribution in [0.1, 0.15) is 30.4 Å². The summed E-state index contributed by atoms with van der Waals surface area (Å²) in [7, 11) is 0. The summed E-state index contributed by atoms with van der Waals surface area (Å²) in [6, 6.07) is 11.5. The van der Waals surface area contributed by atoms with Gasteiger partial charge in [0.15, 0.2) is 0 Å².